The van der Waals surface area contributed by atoms with E-state index in [-0.39, 0.29) is 0 Å². The van der Waals surface area contributed by atoms with E-state index in [9.17, 15) is 0 Å². The molecule has 0 saturated carbocycles. The van der Waals surface area contributed by atoms with Crippen LogP contribution in [0.1, 0.15) is 89.7 Å². The van der Waals surface area contributed by atoms with Crippen molar-refractivity contribution in [2.45, 2.75) is 91.4 Å². The lowest BCUT2D eigenvalue weighted by Crippen LogP contribution is -2.07. The molecule has 0 heterocycles. The van der Waals surface area contributed by atoms with Gasteiger partial charge in [-0.3, -0.25) is 0 Å². The predicted molar refractivity (Wildman–Crippen MR) is 149 cm³/mol. The normalized spacial score (nSPS) is 11.0. The van der Waals surface area contributed by atoms with Gasteiger partial charge in [-0.2, -0.15) is 0 Å². The number of hydrogen-bond acceptors (Lipinski definition) is 1. The van der Waals surface area contributed by atoms with Crippen molar-refractivity contribution in [2.24, 2.45) is 0 Å². The van der Waals surface area contributed by atoms with Gasteiger partial charge in [-0.1, -0.05) is 120 Å². The molecule has 0 unspecified atom stereocenters. The maximum atomic E-state index is 6.76. The van der Waals surface area contributed by atoms with Crippen molar-refractivity contribution in [1.82, 2.24) is 0 Å². The van der Waals surface area contributed by atoms with Crippen LogP contribution in [0.4, 0.5) is 0 Å². The maximum absolute atomic E-state index is 6.76. The van der Waals surface area contributed by atoms with Crippen molar-refractivity contribution in [2.75, 3.05) is 6.61 Å². The van der Waals surface area contributed by atoms with Gasteiger partial charge in [0.25, 0.3) is 0 Å². The molecule has 0 aromatic heterocycles. The van der Waals surface area contributed by atoms with E-state index in [2.05, 4.69) is 87.5 Å². The second-order valence-corrected chi connectivity index (χ2v) is 9.47. The topological polar surface area (TPSA) is 9.23 Å². The summed E-state index contributed by atoms with van der Waals surface area (Å²) < 4.78 is 6.76. The first-order chi connectivity index (χ1) is 16.8. The Bertz CT molecular complexity index is 959. The number of benzene rings is 3. The van der Waals surface area contributed by atoms with Crippen LogP contribution in [0.3, 0.4) is 0 Å². The highest BCUT2D eigenvalue weighted by atomic mass is 16.5. The molecule has 1 nitrogen and oxygen atoms in total. The molecular formula is C33H44O. The van der Waals surface area contributed by atoms with E-state index < -0.39 is 0 Å². The monoisotopic (exact) mass is 456 g/mol. The summed E-state index contributed by atoms with van der Waals surface area (Å²) in [5.41, 5.74) is 8.12. The molecule has 0 radical (unpaired) electrons. The third-order valence-electron chi connectivity index (χ3n) is 6.69. The van der Waals surface area contributed by atoms with Crippen molar-refractivity contribution in [3.05, 3.63) is 77.9 Å². The Labute approximate surface area is 208 Å². The van der Waals surface area contributed by atoms with Gasteiger partial charge in [0.1, 0.15) is 5.75 Å². The summed E-state index contributed by atoms with van der Waals surface area (Å²) in [6, 6.07) is 24.4. The summed E-state index contributed by atoms with van der Waals surface area (Å²) >= 11 is 0. The zero-order chi connectivity index (χ0) is 24.0. The first-order valence-corrected chi connectivity index (χ1v) is 13.7. The van der Waals surface area contributed by atoms with Crippen LogP contribution >= 0.6 is 0 Å². The van der Waals surface area contributed by atoms with Crippen molar-refractivity contribution in [3.63, 3.8) is 0 Å². The van der Waals surface area contributed by atoms with Crippen molar-refractivity contribution in [3.8, 4) is 28.0 Å². The molecule has 0 aliphatic heterocycles. The van der Waals surface area contributed by atoms with E-state index in [1.165, 1.54) is 84.7 Å². The van der Waals surface area contributed by atoms with E-state index in [1.54, 1.807) is 0 Å². The number of unbranched alkanes of at least 4 members (excludes halogenated alkanes) is 6. The molecule has 0 spiro atoms. The first kappa shape index (κ1) is 26.1. The van der Waals surface area contributed by atoms with Crippen LogP contribution in [-0.4, -0.2) is 6.61 Å². The highest BCUT2D eigenvalue weighted by molar-refractivity contribution is 5.83. The van der Waals surface area contributed by atoms with Gasteiger partial charge in [-0.05, 0) is 60.4 Å². The molecule has 0 fully saturated rings. The fourth-order valence-corrected chi connectivity index (χ4v) is 4.78. The number of aryl methyl sites for hydroxylation is 1. The predicted octanol–water partition coefficient (Wildman–Crippen LogP) is 10.1. The minimum absolute atomic E-state index is 0.793. The Morgan fingerprint density at radius 1 is 0.588 bits per heavy atom. The first-order valence-electron chi connectivity index (χ1n) is 13.7. The standard InChI is InChI=1S/C33H44O/c1-4-7-10-17-24-30-31(27-20-13-11-14-21-27)26-29(19-9-6-3)32(28-22-15-12-16-23-28)33(30)34-25-18-8-5-2/h11-16,20-23,26H,4-10,17-19,24-25H2,1-3H3. The Morgan fingerprint density at radius 2 is 1.21 bits per heavy atom. The molecule has 182 valence electrons. The second-order valence-electron chi connectivity index (χ2n) is 9.47. The molecule has 0 N–H and O–H groups in total. The lowest BCUT2D eigenvalue weighted by atomic mass is 9.85. The second kappa shape index (κ2) is 14.7. The van der Waals surface area contributed by atoms with Crippen LogP contribution in [0.2, 0.25) is 0 Å². The fraction of sp³-hybridized carbons (Fsp3) is 0.455. The quantitative estimate of drug-likeness (QED) is 0.207. The Hall–Kier alpha value is -2.54. The van der Waals surface area contributed by atoms with E-state index >= 15 is 0 Å². The molecule has 3 aromatic carbocycles. The van der Waals surface area contributed by atoms with Crippen molar-refractivity contribution in [1.29, 1.82) is 0 Å². The van der Waals surface area contributed by atoms with E-state index in [4.69, 9.17) is 4.74 Å². The average Bonchev–Trinajstić information content (AvgIpc) is 2.89. The Balaban J connectivity index is 2.19. The summed E-state index contributed by atoms with van der Waals surface area (Å²) in [4.78, 5) is 0. The van der Waals surface area contributed by atoms with Gasteiger partial charge in [0, 0.05) is 11.1 Å². The van der Waals surface area contributed by atoms with Gasteiger partial charge >= 0.3 is 0 Å². The zero-order valence-corrected chi connectivity index (χ0v) is 21.7. The van der Waals surface area contributed by atoms with E-state index in [1.807, 2.05) is 0 Å². The highest BCUT2D eigenvalue weighted by Crippen LogP contribution is 2.43. The summed E-state index contributed by atoms with van der Waals surface area (Å²) in [7, 11) is 0. The molecular weight excluding hydrogens is 412 g/mol. The lowest BCUT2D eigenvalue weighted by Gasteiger charge is -2.24. The third-order valence-corrected chi connectivity index (χ3v) is 6.69. The lowest BCUT2D eigenvalue weighted by molar-refractivity contribution is 0.304. The Morgan fingerprint density at radius 3 is 1.85 bits per heavy atom. The number of ether oxygens (including phenoxy) is 1. The van der Waals surface area contributed by atoms with Crippen LogP contribution in [0.5, 0.6) is 5.75 Å². The van der Waals surface area contributed by atoms with Gasteiger partial charge in [-0.15, -0.1) is 0 Å². The molecule has 3 rings (SSSR count). The molecule has 3 aromatic rings. The SMILES string of the molecule is CCCCCCc1c(-c2ccccc2)cc(CCCC)c(-c2ccccc2)c1OCCCCC. The van der Waals surface area contributed by atoms with Crippen LogP contribution in [0.25, 0.3) is 22.3 Å². The van der Waals surface area contributed by atoms with Gasteiger partial charge < -0.3 is 4.74 Å². The highest BCUT2D eigenvalue weighted by Gasteiger charge is 2.21. The van der Waals surface area contributed by atoms with Crippen LogP contribution in [0.15, 0.2) is 66.7 Å². The van der Waals surface area contributed by atoms with E-state index in [0.717, 1.165) is 31.6 Å². The molecule has 0 saturated heterocycles. The molecule has 0 bridgehead atoms. The average molecular weight is 457 g/mol. The summed E-state index contributed by atoms with van der Waals surface area (Å²) in [6.45, 7) is 7.62. The van der Waals surface area contributed by atoms with Gasteiger partial charge in [-0.25, -0.2) is 0 Å². The molecule has 0 atom stereocenters. The smallest absolute Gasteiger partial charge is 0.131 e. The van der Waals surface area contributed by atoms with Crippen LogP contribution in [-0.2, 0) is 12.8 Å². The van der Waals surface area contributed by atoms with Crippen molar-refractivity contribution >= 4 is 0 Å². The minimum Gasteiger partial charge on any atom is -0.493 e. The molecule has 1 heteroatoms. The van der Waals surface area contributed by atoms with Crippen LogP contribution in [0, 0.1) is 0 Å². The van der Waals surface area contributed by atoms with Gasteiger partial charge in [0.05, 0.1) is 6.61 Å². The minimum atomic E-state index is 0.793. The van der Waals surface area contributed by atoms with Gasteiger partial charge in [0.15, 0.2) is 0 Å². The third kappa shape index (κ3) is 7.23. The molecule has 0 aliphatic carbocycles. The number of rotatable bonds is 15. The van der Waals surface area contributed by atoms with Crippen LogP contribution < -0.4 is 4.74 Å². The fourth-order valence-electron chi connectivity index (χ4n) is 4.78. The van der Waals surface area contributed by atoms with Gasteiger partial charge in [0.2, 0.25) is 0 Å². The largest absolute Gasteiger partial charge is 0.493 e. The molecule has 0 aliphatic rings. The molecule has 34 heavy (non-hydrogen) atoms. The van der Waals surface area contributed by atoms with Crippen molar-refractivity contribution < 1.29 is 4.74 Å². The summed E-state index contributed by atoms with van der Waals surface area (Å²) in [5.74, 6) is 1.14. The molecule has 0 amide bonds. The van der Waals surface area contributed by atoms with E-state index in [0.29, 0.717) is 0 Å². The summed E-state index contributed by atoms with van der Waals surface area (Å²) in [6.07, 6.45) is 13.1. The maximum Gasteiger partial charge on any atom is 0.131 e. The Kier molecular flexibility index (Phi) is 11.2. The zero-order valence-electron chi connectivity index (χ0n) is 21.7. The number of hydrogen-bond donors (Lipinski definition) is 0. The summed E-state index contributed by atoms with van der Waals surface area (Å²) in [5, 5.41) is 0.